The lowest BCUT2D eigenvalue weighted by atomic mass is 10.1. The van der Waals surface area contributed by atoms with Gasteiger partial charge in [0.15, 0.2) is 0 Å². The second-order valence-electron chi connectivity index (χ2n) is 4.08. The molecule has 0 bridgehead atoms. The van der Waals surface area contributed by atoms with Gasteiger partial charge in [0.25, 0.3) is 0 Å². The minimum Gasteiger partial charge on any atom is -0.334 e. The fourth-order valence-corrected chi connectivity index (χ4v) is 3.22. The molecule has 1 N–H and O–H groups in total. The summed E-state index contributed by atoms with van der Waals surface area (Å²) in [6, 6.07) is 1.99. The third-order valence-electron chi connectivity index (χ3n) is 2.86. The van der Waals surface area contributed by atoms with Gasteiger partial charge < -0.3 is 9.88 Å². The van der Waals surface area contributed by atoms with E-state index >= 15 is 0 Å². The summed E-state index contributed by atoms with van der Waals surface area (Å²) in [4.78, 5) is 8.99. The summed E-state index contributed by atoms with van der Waals surface area (Å²) < 4.78 is 4.06. The predicted octanol–water partition coefficient (Wildman–Crippen LogP) is 3.52. The fourth-order valence-electron chi connectivity index (χ4n) is 2.00. The van der Waals surface area contributed by atoms with E-state index in [2.05, 4.69) is 65.6 Å². The molecule has 1 unspecified atom stereocenters. The number of nitrogens with zero attached hydrogens (tertiary/aromatic N) is 3. The van der Waals surface area contributed by atoms with E-state index in [0.717, 1.165) is 33.6 Å². The average Bonchev–Trinajstić information content (AvgIpc) is 2.85. The zero-order valence-electron chi connectivity index (χ0n) is 10.9. The van der Waals surface area contributed by atoms with Crippen molar-refractivity contribution in [3.8, 4) is 0 Å². The molecule has 0 saturated heterocycles. The number of halogens is 2. The Balaban J connectivity index is 2.45. The Kier molecular flexibility index (Phi) is 5.13. The summed E-state index contributed by atoms with van der Waals surface area (Å²) in [5.74, 6) is 0.986. The first-order chi connectivity index (χ1) is 9.17. The molecule has 2 heterocycles. The molecular formula is C13H16Br2N4. The van der Waals surface area contributed by atoms with Gasteiger partial charge in [0.05, 0.1) is 5.69 Å². The van der Waals surface area contributed by atoms with Crippen LogP contribution in [0.25, 0.3) is 0 Å². The van der Waals surface area contributed by atoms with Gasteiger partial charge in [-0.2, -0.15) is 0 Å². The third kappa shape index (κ3) is 3.24. The van der Waals surface area contributed by atoms with Gasteiger partial charge in [0.1, 0.15) is 11.9 Å². The van der Waals surface area contributed by atoms with Crippen molar-refractivity contribution in [3.63, 3.8) is 0 Å². The minimum atomic E-state index is -0.0116. The highest BCUT2D eigenvalue weighted by Crippen LogP contribution is 2.28. The molecule has 1 atom stereocenters. The van der Waals surface area contributed by atoms with Crippen LogP contribution < -0.4 is 5.32 Å². The van der Waals surface area contributed by atoms with Gasteiger partial charge in [-0.3, -0.25) is 4.98 Å². The molecule has 2 aromatic heterocycles. The largest absolute Gasteiger partial charge is 0.334 e. The number of aromatic nitrogens is 3. The first-order valence-electron chi connectivity index (χ1n) is 6.22. The Morgan fingerprint density at radius 1 is 1.32 bits per heavy atom. The average molecular weight is 388 g/mol. The van der Waals surface area contributed by atoms with Gasteiger partial charge in [-0.15, -0.1) is 0 Å². The highest BCUT2D eigenvalue weighted by molar-refractivity contribution is 9.11. The molecule has 19 heavy (non-hydrogen) atoms. The number of rotatable bonds is 5. The van der Waals surface area contributed by atoms with Crippen LogP contribution in [-0.2, 0) is 6.54 Å². The second-order valence-corrected chi connectivity index (χ2v) is 5.85. The van der Waals surface area contributed by atoms with E-state index in [4.69, 9.17) is 0 Å². The number of pyridine rings is 1. The van der Waals surface area contributed by atoms with Crippen LogP contribution in [0.2, 0.25) is 0 Å². The molecule has 0 aliphatic rings. The standard InChI is InChI=1S/C13H16Br2N4/c1-3-16-12(13-17-5-6-19(13)4-2)11-10(15)7-9(14)8-18-11/h5-8,12,16H,3-4H2,1-2H3. The van der Waals surface area contributed by atoms with E-state index < -0.39 is 0 Å². The maximum atomic E-state index is 4.52. The number of imidazole rings is 1. The first-order valence-corrected chi connectivity index (χ1v) is 7.81. The van der Waals surface area contributed by atoms with Gasteiger partial charge in [0.2, 0.25) is 0 Å². The zero-order chi connectivity index (χ0) is 13.8. The van der Waals surface area contributed by atoms with Crippen LogP contribution in [0.4, 0.5) is 0 Å². The van der Waals surface area contributed by atoms with Crippen molar-refractivity contribution >= 4 is 31.9 Å². The maximum absolute atomic E-state index is 4.52. The van der Waals surface area contributed by atoms with Crippen LogP contribution in [0.1, 0.15) is 31.4 Å². The quantitative estimate of drug-likeness (QED) is 0.853. The summed E-state index contributed by atoms with van der Waals surface area (Å²) >= 11 is 7.01. The van der Waals surface area contributed by atoms with Crippen molar-refractivity contribution < 1.29 is 0 Å². The molecule has 0 amide bonds. The molecule has 102 valence electrons. The maximum Gasteiger partial charge on any atom is 0.132 e. The zero-order valence-corrected chi connectivity index (χ0v) is 14.1. The molecule has 0 spiro atoms. The van der Waals surface area contributed by atoms with Crippen LogP contribution in [0, 0.1) is 0 Å². The molecule has 0 fully saturated rings. The molecule has 0 radical (unpaired) electrons. The monoisotopic (exact) mass is 386 g/mol. The van der Waals surface area contributed by atoms with Gasteiger partial charge >= 0.3 is 0 Å². The normalized spacial score (nSPS) is 12.6. The van der Waals surface area contributed by atoms with Gasteiger partial charge in [-0.05, 0) is 51.4 Å². The molecule has 4 nitrogen and oxygen atoms in total. The summed E-state index contributed by atoms with van der Waals surface area (Å²) in [6.45, 7) is 5.94. The van der Waals surface area contributed by atoms with E-state index in [-0.39, 0.29) is 6.04 Å². The lowest BCUT2D eigenvalue weighted by Crippen LogP contribution is -2.26. The van der Waals surface area contributed by atoms with E-state index in [1.807, 2.05) is 24.7 Å². The Hall–Kier alpha value is -0.720. The van der Waals surface area contributed by atoms with Gasteiger partial charge in [-0.1, -0.05) is 6.92 Å². The lowest BCUT2D eigenvalue weighted by molar-refractivity contribution is 0.546. The van der Waals surface area contributed by atoms with Crippen molar-refractivity contribution in [2.45, 2.75) is 26.4 Å². The smallest absolute Gasteiger partial charge is 0.132 e. The molecule has 0 aliphatic heterocycles. The molecule has 2 aromatic rings. The Bertz CT molecular complexity index is 553. The Labute approximate surface area is 129 Å². The molecular weight excluding hydrogens is 372 g/mol. The van der Waals surface area contributed by atoms with E-state index in [1.54, 1.807) is 0 Å². The SMILES string of the molecule is CCNC(c1ncc(Br)cc1Br)c1nccn1CC. The third-order valence-corrected chi connectivity index (χ3v) is 3.93. The van der Waals surface area contributed by atoms with Crippen LogP contribution in [0.5, 0.6) is 0 Å². The van der Waals surface area contributed by atoms with Crippen LogP contribution in [0.15, 0.2) is 33.6 Å². The molecule has 6 heteroatoms. The first kappa shape index (κ1) is 14.7. The van der Waals surface area contributed by atoms with Crippen LogP contribution in [-0.4, -0.2) is 21.1 Å². The second kappa shape index (κ2) is 6.63. The topological polar surface area (TPSA) is 42.7 Å². The van der Waals surface area contributed by atoms with E-state index in [1.165, 1.54) is 0 Å². The van der Waals surface area contributed by atoms with Crippen molar-refractivity contribution in [3.05, 3.63) is 45.1 Å². The molecule has 2 rings (SSSR count). The highest BCUT2D eigenvalue weighted by atomic mass is 79.9. The number of aryl methyl sites for hydroxylation is 1. The fraction of sp³-hybridized carbons (Fsp3) is 0.385. The molecule has 0 aliphatic carbocycles. The highest BCUT2D eigenvalue weighted by Gasteiger charge is 2.21. The number of hydrogen-bond acceptors (Lipinski definition) is 3. The van der Waals surface area contributed by atoms with E-state index in [9.17, 15) is 0 Å². The lowest BCUT2D eigenvalue weighted by Gasteiger charge is -2.19. The summed E-state index contributed by atoms with van der Waals surface area (Å²) in [6.07, 6.45) is 5.63. The van der Waals surface area contributed by atoms with Crippen molar-refractivity contribution in [2.75, 3.05) is 6.54 Å². The summed E-state index contributed by atoms with van der Waals surface area (Å²) in [7, 11) is 0. The van der Waals surface area contributed by atoms with Crippen molar-refractivity contribution in [2.24, 2.45) is 0 Å². The van der Waals surface area contributed by atoms with Crippen molar-refractivity contribution in [1.29, 1.82) is 0 Å². The minimum absolute atomic E-state index is 0.0116. The van der Waals surface area contributed by atoms with Gasteiger partial charge in [0, 0.05) is 34.1 Å². The van der Waals surface area contributed by atoms with Crippen LogP contribution in [0.3, 0.4) is 0 Å². The predicted molar refractivity (Wildman–Crippen MR) is 83.1 cm³/mol. The Morgan fingerprint density at radius 2 is 2.11 bits per heavy atom. The number of nitrogens with one attached hydrogen (secondary N) is 1. The van der Waals surface area contributed by atoms with E-state index in [0.29, 0.717) is 0 Å². The van der Waals surface area contributed by atoms with Crippen molar-refractivity contribution in [1.82, 2.24) is 19.9 Å². The number of hydrogen-bond donors (Lipinski definition) is 1. The summed E-state index contributed by atoms with van der Waals surface area (Å²) in [5.41, 5.74) is 0.950. The van der Waals surface area contributed by atoms with Crippen LogP contribution >= 0.6 is 31.9 Å². The molecule has 0 aromatic carbocycles. The summed E-state index contributed by atoms with van der Waals surface area (Å²) in [5, 5.41) is 3.45. The van der Waals surface area contributed by atoms with Gasteiger partial charge in [-0.25, -0.2) is 4.98 Å². The molecule has 0 saturated carbocycles. The Morgan fingerprint density at radius 3 is 2.74 bits per heavy atom.